The largest absolute Gasteiger partial charge is 0.354 e. The van der Waals surface area contributed by atoms with Crippen LogP contribution in [0.15, 0.2) is 60.5 Å². The van der Waals surface area contributed by atoms with Gasteiger partial charge in [-0.15, -0.1) is 0 Å². The maximum Gasteiger partial charge on any atom is 0.223 e. The summed E-state index contributed by atoms with van der Waals surface area (Å²) in [5.41, 5.74) is 4.85. The number of dihydropyridines is 1. The first-order chi connectivity index (χ1) is 13.7. The zero-order valence-corrected chi connectivity index (χ0v) is 15.9. The topological polar surface area (TPSA) is 73.6 Å². The van der Waals surface area contributed by atoms with Gasteiger partial charge < -0.3 is 10.6 Å². The van der Waals surface area contributed by atoms with Crippen molar-refractivity contribution in [2.75, 3.05) is 5.32 Å². The third-order valence-electron chi connectivity index (χ3n) is 5.16. The lowest BCUT2D eigenvalue weighted by Gasteiger charge is -2.18. The first-order valence-electron chi connectivity index (χ1n) is 9.70. The molecule has 0 bridgehead atoms. The maximum absolute atomic E-state index is 9.91. The van der Waals surface area contributed by atoms with Crippen molar-refractivity contribution in [3.63, 3.8) is 0 Å². The van der Waals surface area contributed by atoms with Crippen molar-refractivity contribution >= 4 is 17.2 Å². The van der Waals surface area contributed by atoms with Crippen molar-refractivity contribution < 1.29 is 0 Å². The Bertz CT molecular complexity index is 989. The van der Waals surface area contributed by atoms with Crippen LogP contribution in [0.2, 0.25) is 0 Å². The van der Waals surface area contributed by atoms with Gasteiger partial charge in [-0.1, -0.05) is 49.2 Å². The van der Waals surface area contributed by atoms with Crippen LogP contribution in [0.4, 0.5) is 5.95 Å². The highest BCUT2D eigenvalue weighted by molar-refractivity contribution is 5.84. The van der Waals surface area contributed by atoms with Gasteiger partial charge in [-0.2, -0.15) is 5.26 Å². The summed E-state index contributed by atoms with van der Waals surface area (Å²) in [6.07, 6.45) is 12.4. The highest BCUT2D eigenvalue weighted by Crippen LogP contribution is 2.26. The predicted molar refractivity (Wildman–Crippen MR) is 112 cm³/mol. The lowest BCUT2D eigenvalue weighted by molar-refractivity contribution is 0.743. The molecule has 1 aromatic carbocycles. The van der Waals surface area contributed by atoms with E-state index < -0.39 is 0 Å². The lowest BCUT2D eigenvalue weighted by atomic mass is 10.0. The molecule has 0 spiro atoms. The van der Waals surface area contributed by atoms with Crippen molar-refractivity contribution in [2.45, 2.75) is 38.6 Å². The second-order valence-electron chi connectivity index (χ2n) is 7.18. The van der Waals surface area contributed by atoms with E-state index in [2.05, 4.69) is 26.7 Å². The van der Waals surface area contributed by atoms with Crippen molar-refractivity contribution in [1.29, 1.82) is 5.26 Å². The van der Waals surface area contributed by atoms with Crippen LogP contribution in [-0.2, 0) is 0 Å². The van der Waals surface area contributed by atoms with Crippen LogP contribution in [0.5, 0.6) is 0 Å². The fourth-order valence-corrected chi connectivity index (χ4v) is 3.66. The minimum absolute atomic E-state index is 0.425. The van der Waals surface area contributed by atoms with E-state index in [1.807, 2.05) is 55.5 Å². The molecule has 5 nitrogen and oxygen atoms in total. The Labute approximate surface area is 165 Å². The van der Waals surface area contributed by atoms with E-state index in [1.165, 1.54) is 12.8 Å². The molecule has 0 saturated heterocycles. The van der Waals surface area contributed by atoms with Crippen LogP contribution < -0.4 is 10.6 Å². The minimum atomic E-state index is 0.425. The number of hydrogen-bond acceptors (Lipinski definition) is 5. The van der Waals surface area contributed by atoms with Gasteiger partial charge in [0.05, 0.1) is 11.4 Å². The summed E-state index contributed by atoms with van der Waals surface area (Å²) in [4.78, 5) is 9.11. The van der Waals surface area contributed by atoms with Crippen LogP contribution in [-0.4, -0.2) is 16.0 Å². The molecule has 5 heteroatoms. The number of allylic oxidation sites excluding steroid dienone is 4. The van der Waals surface area contributed by atoms with Crippen molar-refractivity contribution in [1.82, 2.24) is 15.3 Å². The molecule has 1 fully saturated rings. The Balaban J connectivity index is 1.66. The Kier molecular flexibility index (Phi) is 5.20. The Morgan fingerprint density at radius 1 is 1.21 bits per heavy atom. The monoisotopic (exact) mass is 369 g/mol. The number of nitriles is 1. The van der Waals surface area contributed by atoms with E-state index in [4.69, 9.17) is 0 Å². The molecule has 28 heavy (non-hydrogen) atoms. The van der Waals surface area contributed by atoms with E-state index in [-0.39, 0.29) is 0 Å². The summed E-state index contributed by atoms with van der Waals surface area (Å²) in [7, 11) is 0. The number of nitrogens with zero attached hydrogens (tertiary/aromatic N) is 3. The highest BCUT2D eigenvalue weighted by atomic mass is 15.1. The van der Waals surface area contributed by atoms with E-state index >= 15 is 0 Å². The summed E-state index contributed by atoms with van der Waals surface area (Å²) in [6.45, 7) is 1.94. The number of aryl methyl sites for hydroxylation is 1. The van der Waals surface area contributed by atoms with E-state index in [0.29, 0.717) is 23.3 Å². The molecule has 0 unspecified atom stereocenters. The molecule has 2 aliphatic rings. The van der Waals surface area contributed by atoms with Crippen LogP contribution in [0.1, 0.15) is 42.5 Å². The lowest BCUT2D eigenvalue weighted by Crippen LogP contribution is -2.18. The van der Waals surface area contributed by atoms with Gasteiger partial charge in [0.1, 0.15) is 11.6 Å². The summed E-state index contributed by atoms with van der Waals surface area (Å²) >= 11 is 0. The van der Waals surface area contributed by atoms with Crippen LogP contribution in [0.3, 0.4) is 0 Å². The maximum atomic E-state index is 9.91. The molecule has 2 N–H and O–H groups in total. The van der Waals surface area contributed by atoms with Crippen LogP contribution in [0, 0.1) is 18.3 Å². The van der Waals surface area contributed by atoms with Gasteiger partial charge in [-0.25, -0.2) is 9.97 Å². The van der Waals surface area contributed by atoms with E-state index in [1.54, 1.807) is 6.20 Å². The molecule has 1 aliphatic heterocycles. The number of rotatable bonds is 4. The van der Waals surface area contributed by atoms with Crippen molar-refractivity contribution in [3.05, 3.63) is 77.3 Å². The molecule has 1 saturated carbocycles. The fourth-order valence-electron chi connectivity index (χ4n) is 3.66. The highest BCUT2D eigenvalue weighted by Gasteiger charge is 2.19. The number of anilines is 1. The van der Waals surface area contributed by atoms with Gasteiger partial charge in [-0.3, -0.25) is 0 Å². The zero-order chi connectivity index (χ0) is 19.3. The minimum Gasteiger partial charge on any atom is -0.354 e. The molecule has 140 valence electrons. The molecule has 1 aliphatic carbocycles. The van der Waals surface area contributed by atoms with Gasteiger partial charge in [0.25, 0.3) is 0 Å². The van der Waals surface area contributed by atoms with Gasteiger partial charge in [0.15, 0.2) is 0 Å². The molecule has 0 radical (unpaired) electrons. The molecule has 2 aromatic rings. The SMILES string of the molecule is Cc1cnc(NC2CCCC2)nc1/C(C#N)=C1/C=CC=C(c2ccccc2)N1. The third kappa shape index (κ3) is 3.81. The summed E-state index contributed by atoms with van der Waals surface area (Å²) in [5, 5.41) is 16.7. The van der Waals surface area contributed by atoms with Gasteiger partial charge >= 0.3 is 0 Å². The summed E-state index contributed by atoms with van der Waals surface area (Å²) in [5.74, 6) is 0.597. The molecule has 0 amide bonds. The summed E-state index contributed by atoms with van der Waals surface area (Å²) < 4.78 is 0. The molecule has 1 aromatic heterocycles. The van der Waals surface area contributed by atoms with E-state index in [0.717, 1.165) is 35.4 Å². The molecule has 4 rings (SSSR count). The molecule has 0 atom stereocenters. The zero-order valence-electron chi connectivity index (χ0n) is 15.9. The average Bonchev–Trinajstić information content (AvgIpc) is 3.25. The average molecular weight is 369 g/mol. The third-order valence-corrected chi connectivity index (χ3v) is 5.16. The Morgan fingerprint density at radius 3 is 2.75 bits per heavy atom. The smallest absolute Gasteiger partial charge is 0.223 e. The van der Waals surface area contributed by atoms with E-state index in [9.17, 15) is 5.26 Å². The number of aromatic nitrogens is 2. The first-order valence-corrected chi connectivity index (χ1v) is 9.70. The Hall–Kier alpha value is -3.39. The predicted octanol–water partition coefficient (Wildman–Crippen LogP) is 4.57. The van der Waals surface area contributed by atoms with Crippen molar-refractivity contribution in [2.24, 2.45) is 0 Å². The van der Waals surface area contributed by atoms with Crippen molar-refractivity contribution in [3.8, 4) is 6.07 Å². The molecular weight excluding hydrogens is 346 g/mol. The standard InChI is InChI=1S/C23H23N5/c1-16-15-25-23(26-18-10-5-6-11-18)28-22(16)19(14-24)21-13-7-12-20(27-21)17-8-3-2-4-9-17/h2-4,7-9,12-13,15,18,27H,5-6,10-11H2,1H3,(H,25,26,28)/b21-19-. The fraction of sp³-hybridized carbons (Fsp3) is 0.261. The quantitative estimate of drug-likeness (QED) is 0.772. The van der Waals surface area contributed by atoms with Gasteiger partial charge in [-0.05, 0) is 43.0 Å². The normalized spacial score (nSPS) is 18.2. The number of benzene rings is 1. The first kappa shape index (κ1) is 18.0. The van der Waals surface area contributed by atoms with Gasteiger partial charge in [0.2, 0.25) is 5.95 Å². The van der Waals surface area contributed by atoms with Crippen LogP contribution >= 0.6 is 0 Å². The second kappa shape index (κ2) is 8.10. The second-order valence-corrected chi connectivity index (χ2v) is 7.18. The number of hydrogen-bond donors (Lipinski definition) is 2. The van der Waals surface area contributed by atoms with Gasteiger partial charge in [0, 0.05) is 17.9 Å². The molecule has 2 heterocycles. The molecular formula is C23H23N5. The number of nitrogens with one attached hydrogen (secondary N) is 2. The Morgan fingerprint density at radius 2 is 2.00 bits per heavy atom. The summed E-state index contributed by atoms with van der Waals surface area (Å²) in [6, 6.07) is 12.8. The van der Waals surface area contributed by atoms with Crippen LogP contribution in [0.25, 0.3) is 11.3 Å².